The van der Waals surface area contributed by atoms with E-state index in [2.05, 4.69) is 49.4 Å². The maximum Gasteiger partial charge on any atom is 0.191 e. The van der Waals surface area contributed by atoms with Gasteiger partial charge in [0.25, 0.3) is 0 Å². The summed E-state index contributed by atoms with van der Waals surface area (Å²) >= 11 is 0. The van der Waals surface area contributed by atoms with Crippen LogP contribution in [0.2, 0.25) is 0 Å². The lowest BCUT2D eigenvalue weighted by Crippen LogP contribution is -2.38. The van der Waals surface area contributed by atoms with Crippen molar-refractivity contribution in [1.82, 2.24) is 25.4 Å². The lowest BCUT2D eigenvalue weighted by atomic mass is 10.1. The molecule has 0 unspecified atom stereocenters. The second-order valence-corrected chi connectivity index (χ2v) is 6.81. The molecule has 0 bridgehead atoms. The number of nitrogens with one attached hydrogen (secondary N) is 2. The highest BCUT2D eigenvalue weighted by Crippen LogP contribution is 2.28. The van der Waals surface area contributed by atoms with Crippen molar-refractivity contribution in [2.75, 3.05) is 26.3 Å². The first kappa shape index (κ1) is 21.0. The highest BCUT2D eigenvalue weighted by atomic mass is 16.5. The molecule has 2 heterocycles. The zero-order valence-corrected chi connectivity index (χ0v) is 17.7. The molecule has 0 saturated heterocycles. The Morgan fingerprint density at radius 3 is 2.72 bits per heavy atom. The molecular weight excluding hydrogens is 368 g/mol. The zero-order valence-electron chi connectivity index (χ0n) is 17.7. The summed E-state index contributed by atoms with van der Waals surface area (Å²) in [5, 5.41) is 15.2. The van der Waals surface area contributed by atoms with Crippen molar-refractivity contribution < 1.29 is 9.47 Å². The van der Waals surface area contributed by atoms with Crippen LogP contribution in [0.15, 0.2) is 23.2 Å². The molecule has 158 valence electrons. The maximum absolute atomic E-state index is 5.72. The number of aromatic nitrogens is 3. The molecule has 2 N–H and O–H groups in total. The fourth-order valence-corrected chi connectivity index (χ4v) is 3.40. The predicted molar refractivity (Wildman–Crippen MR) is 114 cm³/mol. The average molecular weight is 401 g/mol. The second kappa shape index (κ2) is 10.7. The maximum atomic E-state index is 5.72. The molecule has 0 atom stereocenters. The number of aliphatic imine (C=N–C) groups is 1. The molecule has 1 aliphatic heterocycles. The Hall–Kier alpha value is -2.77. The smallest absolute Gasteiger partial charge is 0.191 e. The monoisotopic (exact) mass is 400 g/mol. The molecule has 2 aromatic rings. The van der Waals surface area contributed by atoms with Crippen LogP contribution in [0.5, 0.6) is 11.5 Å². The summed E-state index contributed by atoms with van der Waals surface area (Å²) in [6.45, 7) is 10.4. The van der Waals surface area contributed by atoms with Crippen LogP contribution < -0.4 is 20.1 Å². The minimum atomic E-state index is 0.528. The Balaban J connectivity index is 1.56. The van der Waals surface area contributed by atoms with Crippen molar-refractivity contribution in [2.24, 2.45) is 4.99 Å². The van der Waals surface area contributed by atoms with Gasteiger partial charge in [-0.3, -0.25) is 0 Å². The van der Waals surface area contributed by atoms with E-state index >= 15 is 0 Å². The summed E-state index contributed by atoms with van der Waals surface area (Å²) < 4.78 is 13.5. The summed E-state index contributed by atoms with van der Waals surface area (Å²) in [6, 6.07) is 6.12. The Kier molecular flexibility index (Phi) is 7.72. The van der Waals surface area contributed by atoms with Gasteiger partial charge in [-0.25, -0.2) is 4.99 Å². The third-order valence-electron chi connectivity index (χ3n) is 4.72. The van der Waals surface area contributed by atoms with Crippen molar-refractivity contribution in [3.63, 3.8) is 0 Å². The number of nitrogens with zero attached hydrogens (tertiary/aromatic N) is 4. The van der Waals surface area contributed by atoms with E-state index < -0.39 is 0 Å². The Morgan fingerprint density at radius 2 is 1.93 bits per heavy atom. The quantitative estimate of drug-likeness (QED) is 0.470. The van der Waals surface area contributed by atoms with Crippen LogP contribution in [0.25, 0.3) is 0 Å². The van der Waals surface area contributed by atoms with Gasteiger partial charge in [-0.2, -0.15) is 0 Å². The molecule has 3 rings (SSSR count). The van der Waals surface area contributed by atoms with E-state index in [1.54, 1.807) is 0 Å². The van der Waals surface area contributed by atoms with Gasteiger partial charge in [0.05, 0.1) is 13.2 Å². The minimum absolute atomic E-state index is 0.528. The molecule has 1 aliphatic rings. The zero-order chi connectivity index (χ0) is 20.5. The van der Waals surface area contributed by atoms with Gasteiger partial charge in [-0.1, -0.05) is 6.07 Å². The first-order valence-electron chi connectivity index (χ1n) is 10.6. The number of guanidine groups is 1. The van der Waals surface area contributed by atoms with Crippen molar-refractivity contribution in [3.8, 4) is 11.5 Å². The Morgan fingerprint density at radius 1 is 1.10 bits per heavy atom. The lowest BCUT2D eigenvalue weighted by molar-refractivity contribution is 0.287. The molecule has 0 amide bonds. The summed E-state index contributed by atoms with van der Waals surface area (Å²) in [6.07, 6.45) is 3.02. The van der Waals surface area contributed by atoms with Crippen LogP contribution in [-0.4, -0.2) is 47.0 Å². The summed E-state index contributed by atoms with van der Waals surface area (Å²) in [5.74, 6) is 4.39. The van der Waals surface area contributed by atoms with Gasteiger partial charge < -0.3 is 24.7 Å². The Bertz CT molecular complexity index is 817. The van der Waals surface area contributed by atoms with E-state index in [1.165, 1.54) is 5.56 Å². The van der Waals surface area contributed by atoms with Gasteiger partial charge in [-0.15, -0.1) is 10.2 Å². The molecule has 0 radical (unpaired) electrons. The largest absolute Gasteiger partial charge is 0.490 e. The number of hydrogen-bond donors (Lipinski definition) is 2. The third kappa shape index (κ3) is 5.62. The van der Waals surface area contributed by atoms with Gasteiger partial charge in [0, 0.05) is 26.1 Å². The highest BCUT2D eigenvalue weighted by Gasteiger charge is 2.16. The van der Waals surface area contributed by atoms with E-state index in [0.29, 0.717) is 19.8 Å². The summed E-state index contributed by atoms with van der Waals surface area (Å²) in [4.78, 5) is 4.68. The normalized spacial score (nSPS) is 13.3. The number of rotatable bonds is 10. The van der Waals surface area contributed by atoms with Gasteiger partial charge >= 0.3 is 0 Å². The average Bonchev–Trinajstić information content (AvgIpc) is 3.33. The second-order valence-electron chi connectivity index (χ2n) is 6.81. The van der Waals surface area contributed by atoms with Crippen molar-refractivity contribution in [3.05, 3.63) is 35.4 Å². The lowest BCUT2D eigenvalue weighted by Gasteiger charge is -2.14. The molecule has 0 saturated carbocycles. The number of benzene rings is 1. The molecule has 0 fully saturated rings. The SMILES string of the molecule is CCNC(=NCc1nnc2n1CCC2)NCCc1ccc(OCC)c(OCC)c1. The standard InChI is InChI=1S/C21H32N6O2/c1-4-22-21(24-15-20-26-25-19-8-7-13-27(19)20)23-12-11-16-9-10-17(28-5-2)18(14-16)29-6-3/h9-10,14H,4-8,11-13,15H2,1-3H3,(H2,22,23,24). The first-order chi connectivity index (χ1) is 14.2. The Labute approximate surface area is 172 Å². The van der Waals surface area contributed by atoms with E-state index in [-0.39, 0.29) is 0 Å². The summed E-state index contributed by atoms with van der Waals surface area (Å²) in [7, 11) is 0. The van der Waals surface area contributed by atoms with Crippen LogP contribution in [0.3, 0.4) is 0 Å². The first-order valence-corrected chi connectivity index (χ1v) is 10.6. The molecule has 0 spiro atoms. The van der Waals surface area contributed by atoms with Crippen LogP contribution in [0.4, 0.5) is 0 Å². The van der Waals surface area contributed by atoms with Crippen molar-refractivity contribution >= 4 is 5.96 Å². The molecule has 8 nitrogen and oxygen atoms in total. The molecule has 1 aromatic carbocycles. The van der Waals surface area contributed by atoms with E-state index in [4.69, 9.17) is 9.47 Å². The topological polar surface area (TPSA) is 85.6 Å². The van der Waals surface area contributed by atoms with Gasteiger partial charge in [0.1, 0.15) is 12.4 Å². The van der Waals surface area contributed by atoms with Gasteiger partial charge in [0.2, 0.25) is 0 Å². The fraction of sp³-hybridized carbons (Fsp3) is 0.571. The molecule has 1 aromatic heterocycles. The van der Waals surface area contributed by atoms with Crippen LogP contribution in [-0.2, 0) is 25.9 Å². The van der Waals surface area contributed by atoms with Gasteiger partial charge in [0.15, 0.2) is 23.3 Å². The van der Waals surface area contributed by atoms with E-state index in [1.807, 2.05) is 19.9 Å². The van der Waals surface area contributed by atoms with Gasteiger partial charge in [-0.05, 0) is 51.3 Å². The highest BCUT2D eigenvalue weighted by molar-refractivity contribution is 5.79. The molecule has 0 aliphatic carbocycles. The number of ether oxygens (including phenoxy) is 2. The molecular formula is C21H32N6O2. The van der Waals surface area contributed by atoms with E-state index in [0.717, 1.165) is 68.0 Å². The molecule has 29 heavy (non-hydrogen) atoms. The number of fused-ring (bicyclic) bond motifs is 1. The number of hydrogen-bond acceptors (Lipinski definition) is 5. The predicted octanol–water partition coefficient (Wildman–Crippen LogP) is 2.32. The fourth-order valence-electron chi connectivity index (χ4n) is 3.40. The minimum Gasteiger partial charge on any atom is -0.490 e. The van der Waals surface area contributed by atoms with Crippen LogP contribution in [0.1, 0.15) is 44.4 Å². The van der Waals surface area contributed by atoms with Crippen molar-refractivity contribution in [2.45, 2.75) is 53.1 Å². The summed E-state index contributed by atoms with van der Waals surface area (Å²) in [5.41, 5.74) is 1.19. The molecule has 8 heteroatoms. The van der Waals surface area contributed by atoms with E-state index in [9.17, 15) is 0 Å². The number of aryl methyl sites for hydroxylation is 1. The van der Waals surface area contributed by atoms with Crippen LogP contribution >= 0.6 is 0 Å². The third-order valence-corrected chi connectivity index (χ3v) is 4.72. The van der Waals surface area contributed by atoms with Crippen LogP contribution in [0, 0.1) is 0 Å². The van der Waals surface area contributed by atoms with Crippen molar-refractivity contribution in [1.29, 1.82) is 0 Å².